The molecule has 5 nitrogen and oxygen atoms in total. The second kappa shape index (κ2) is 8.57. The molecule has 0 unspecified atom stereocenters. The number of thioether (sulfide) groups is 1. The largest absolute Gasteiger partial charge is 0.316 e. The highest BCUT2D eigenvalue weighted by Crippen LogP contribution is 2.39. The van der Waals surface area contributed by atoms with Crippen LogP contribution in [0.3, 0.4) is 0 Å². The first-order valence-electron chi connectivity index (χ1n) is 9.99. The quantitative estimate of drug-likeness (QED) is 0.726. The summed E-state index contributed by atoms with van der Waals surface area (Å²) in [7, 11) is 0. The van der Waals surface area contributed by atoms with Crippen molar-refractivity contribution < 1.29 is 4.79 Å². The van der Waals surface area contributed by atoms with Gasteiger partial charge < -0.3 is 5.32 Å². The minimum absolute atomic E-state index is 0.165. The van der Waals surface area contributed by atoms with Gasteiger partial charge in [-0.2, -0.15) is 10.5 Å². The van der Waals surface area contributed by atoms with Gasteiger partial charge in [-0.05, 0) is 68.1 Å². The molecule has 0 aliphatic heterocycles. The lowest BCUT2D eigenvalue weighted by molar-refractivity contribution is -0.113. The number of nitrogens with one attached hydrogen (secondary N) is 1. The van der Waals surface area contributed by atoms with Crippen molar-refractivity contribution in [2.24, 2.45) is 5.92 Å². The van der Waals surface area contributed by atoms with Crippen LogP contribution in [0.2, 0.25) is 0 Å². The number of fused-ring (bicyclic) bond motifs is 2. The van der Waals surface area contributed by atoms with E-state index in [0.717, 1.165) is 56.2 Å². The van der Waals surface area contributed by atoms with Crippen molar-refractivity contribution in [3.63, 3.8) is 0 Å². The summed E-state index contributed by atoms with van der Waals surface area (Å²) in [4.78, 5) is 18.5. The number of anilines is 1. The third kappa shape index (κ3) is 4.17. The van der Waals surface area contributed by atoms with Crippen molar-refractivity contribution >= 4 is 34.0 Å². The molecule has 4 rings (SSSR count). The molecular weight excluding hydrogens is 400 g/mol. The molecule has 7 heteroatoms. The van der Waals surface area contributed by atoms with Crippen LogP contribution in [0.5, 0.6) is 0 Å². The molecule has 0 saturated carbocycles. The Kier molecular flexibility index (Phi) is 5.89. The summed E-state index contributed by atoms with van der Waals surface area (Å²) in [5.41, 5.74) is 4.51. The Morgan fingerprint density at radius 2 is 2.14 bits per heavy atom. The number of aryl methyl sites for hydroxylation is 2. The maximum Gasteiger partial charge on any atom is 0.235 e. The van der Waals surface area contributed by atoms with Crippen LogP contribution in [-0.4, -0.2) is 16.6 Å². The molecule has 2 aromatic heterocycles. The molecule has 0 spiro atoms. The van der Waals surface area contributed by atoms with Crippen LogP contribution in [0.25, 0.3) is 0 Å². The average molecular weight is 423 g/mol. The van der Waals surface area contributed by atoms with Gasteiger partial charge in [-0.25, -0.2) is 4.98 Å². The molecule has 0 fully saturated rings. The van der Waals surface area contributed by atoms with Crippen LogP contribution in [0.1, 0.15) is 59.0 Å². The highest BCUT2D eigenvalue weighted by Gasteiger charge is 2.25. The molecule has 1 N–H and O–H groups in total. The van der Waals surface area contributed by atoms with Crippen LogP contribution < -0.4 is 5.32 Å². The Morgan fingerprint density at radius 1 is 1.31 bits per heavy atom. The number of hydrogen-bond donors (Lipinski definition) is 1. The predicted molar refractivity (Wildman–Crippen MR) is 115 cm³/mol. The third-order valence-corrected chi connectivity index (χ3v) is 7.76. The zero-order chi connectivity index (χ0) is 20.4. The zero-order valence-electron chi connectivity index (χ0n) is 16.4. The fourth-order valence-electron chi connectivity index (χ4n) is 4.06. The van der Waals surface area contributed by atoms with Crippen LogP contribution in [-0.2, 0) is 30.5 Å². The molecule has 2 aliphatic carbocycles. The Bertz CT molecular complexity index is 1040. The third-order valence-electron chi connectivity index (χ3n) is 5.60. The van der Waals surface area contributed by atoms with Gasteiger partial charge in [-0.3, -0.25) is 4.79 Å². The Hall–Kier alpha value is -2.35. The van der Waals surface area contributed by atoms with E-state index in [-0.39, 0.29) is 11.7 Å². The molecule has 1 atom stereocenters. The molecule has 2 aromatic rings. The number of pyridine rings is 1. The van der Waals surface area contributed by atoms with Gasteiger partial charge in [0, 0.05) is 10.6 Å². The Balaban J connectivity index is 1.46. The van der Waals surface area contributed by atoms with Gasteiger partial charge in [0.25, 0.3) is 0 Å². The number of carbonyl (C=O) groups excluding carboxylic acids is 1. The molecule has 2 heterocycles. The molecule has 148 valence electrons. The van der Waals surface area contributed by atoms with E-state index >= 15 is 0 Å². The van der Waals surface area contributed by atoms with Crippen molar-refractivity contribution in [2.75, 3.05) is 11.1 Å². The van der Waals surface area contributed by atoms with Crippen molar-refractivity contribution in [2.45, 2.75) is 56.9 Å². The lowest BCUT2D eigenvalue weighted by atomic mass is 9.89. The SMILES string of the molecule is C[C@H]1CCc2c(sc(NC(=O)CSc3nc4c(cc3C#N)CCCC4)c2C#N)C1. The first-order valence-corrected chi connectivity index (χ1v) is 11.8. The molecule has 0 bridgehead atoms. The zero-order valence-corrected chi connectivity index (χ0v) is 18.0. The average Bonchev–Trinajstić information content (AvgIpc) is 3.07. The first kappa shape index (κ1) is 19.9. The summed E-state index contributed by atoms with van der Waals surface area (Å²) < 4.78 is 0. The van der Waals surface area contributed by atoms with E-state index < -0.39 is 0 Å². The molecule has 29 heavy (non-hydrogen) atoms. The van der Waals surface area contributed by atoms with Gasteiger partial charge in [-0.1, -0.05) is 18.7 Å². The molecular formula is C22H22N4OS2. The second-order valence-electron chi connectivity index (χ2n) is 7.77. The van der Waals surface area contributed by atoms with Crippen molar-refractivity contribution in [3.05, 3.63) is 38.9 Å². The maximum atomic E-state index is 12.6. The van der Waals surface area contributed by atoms with E-state index in [0.29, 0.717) is 27.1 Å². The van der Waals surface area contributed by atoms with Crippen LogP contribution in [0, 0.1) is 28.6 Å². The van der Waals surface area contributed by atoms with Gasteiger partial charge in [0.15, 0.2) is 0 Å². The van der Waals surface area contributed by atoms with Gasteiger partial charge in [-0.15, -0.1) is 11.3 Å². The van der Waals surface area contributed by atoms with Gasteiger partial charge >= 0.3 is 0 Å². The lowest BCUT2D eigenvalue weighted by Crippen LogP contribution is -2.15. The number of nitrogens with zero attached hydrogens (tertiary/aromatic N) is 3. The summed E-state index contributed by atoms with van der Waals surface area (Å²) in [6, 6.07) is 6.44. The first-order chi connectivity index (χ1) is 14.1. The maximum absolute atomic E-state index is 12.6. The van der Waals surface area contributed by atoms with Crippen LogP contribution >= 0.6 is 23.1 Å². The van der Waals surface area contributed by atoms with Gasteiger partial charge in [0.1, 0.15) is 22.2 Å². The highest BCUT2D eigenvalue weighted by molar-refractivity contribution is 8.00. The summed E-state index contributed by atoms with van der Waals surface area (Å²) in [6.45, 7) is 2.22. The normalized spacial score (nSPS) is 17.6. The van der Waals surface area contributed by atoms with E-state index in [2.05, 4.69) is 29.4 Å². The summed E-state index contributed by atoms with van der Waals surface area (Å²) >= 11 is 2.83. The second-order valence-corrected chi connectivity index (χ2v) is 9.84. The summed E-state index contributed by atoms with van der Waals surface area (Å²) in [5.74, 6) is 0.623. The van der Waals surface area contributed by atoms with Crippen LogP contribution in [0.4, 0.5) is 5.00 Å². The number of thiophene rings is 1. The number of amides is 1. The minimum Gasteiger partial charge on any atom is -0.316 e. The topological polar surface area (TPSA) is 89.6 Å². The predicted octanol–water partition coefficient (Wildman–Crippen LogP) is 4.62. The molecule has 2 aliphatic rings. The monoisotopic (exact) mass is 422 g/mol. The van der Waals surface area contributed by atoms with Crippen LogP contribution in [0.15, 0.2) is 11.1 Å². The van der Waals surface area contributed by atoms with E-state index in [1.807, 2.05) is 6.07 Å². The van der Waals surface area contributed by atoms with Gasteiger partial charge in [0.2, 0.25) is 5.91 Å². The minimum atomic E-state index is -0.165. The van der Waals surface area contributed by atoms with Gasteiger partial charge in [0.05, 0.1) is 16.9 Å². The fraction of sp³-hybridized carbons (Fsp3) is 0.455. The fourth-order valence-corrected chi connectivity index (χ4v) is 6.21. The molecule has 0 aromatic carbocycles. The van der Waals surface area contributed by atoms with Crippen molar-refractivity contribution in [1.29, 1.82) is 10.5 Å². The molecule has 1 amide bonds. The smallest absolute Gasteiger partial charge is 0.235 e. The number of hydrogen-bond acceptors (Lipinski definition) is 6. The van der Waals surface area contributed by atoms with Crippen molar-refractivity contribution in [3.8, 4) is 12.1 Å². The number of rotatable bonds is 4. The summed E-state index contributed by atoms with van der Waals surface area (Å²) in [6.07, 6.45) is 7.14. The standard InChI is InChI=1S/C22H22N4OS2/c1-13-6-7-16-17(11-24)22(29-19(16)8-13)26-20(27)12-28-21-15(10-23)9-14-4-2-3-5-18(14)25-21/h9,13H,2-8,12H2,1H3,(H,26,27)/t13-/m0/s1. The Labute approximate surface area is 179 Å². The van der Waals surface area contributed by atoms with E-state index in [1.54, 1.807) is 0 Å². The highest BCUT2D eigenvalue weighted by atomic mass is 32.2. The summed E-state index contributed by atoms with van der Waals surface area (Å²) in [5, 5.41) is 23.3. The molecule has 0 saturated heterocycles. The van der Waals surface area contributed by atoms with E-state index in [4.69, 9.17) is 0 Å². The Morgan fingerprint density at radius 3 is 2.93 bits per heavy atom. The lowest BCUT2D eigenvalue weighted by Gasteiger charge is -2.17. The number of carbonyl (C=O) groups is 1. The number of aromatic nitrogens is 1. The van der Waals surface area contributed by atoms with Crippen molar-refractivity contribution in [1.82, 2.24) is 4.98 Å². The molecule has 0 radical (unpaired) electrons. The van der Waals surface area contributed by atoms with E-state index in [1.165, 1.54) is 33.5 Å². The van der Waals surface area contributed by atoms with E-state index in [9.17, 15) is 15.3 Å². The number of nitriles is 2.